The van der Waals surface area contributed by atoms with E-state index in [1.165, 1.54) is 4.90 Å². The number of hydrogen-bond donors (Lipinski definition) is 1. The van der Waals surface area contributed by atoms with Crippen LogP contribution in [0.2, 0.25) is 0 Å². The summed E-state index contributed by atoms with van der Waals surface area (Å²) in [6, 6.07) is 11.8. The predicted molar refractivity (Wildman–Crippen MR) is 83.7 cm³/mol. The topological polar surface area (TPSA) is 53.7 Å². The van der Waals surface area contributed by atoms with Crippen molar-refractivity contribution in [1.29, 1.82) is 0 Å². The molecule has 0 saturated carbocycles. The lowest BCUT2D eigenvalue weighted by Gasteiger charge is -2.21. The molecule has 0 aromatic heterocycles. The minimum atomic E-state index is 0.270. The van der Waals surface area contributed by atoms with Crippen molar-refractivity contribution in [2.24, 2.45) is 0 Å². The van der Waals surface area contributed by atoms with Gasteiger partial charge < -0.3 is 19.9 Å². The molecule has 1 aliphatic heterocycles. The van der Waals surface area contributed by atoms with E-state index in [1.807, 2.05) is 42.7 Å². The number of nitrogens with two attached hydrogens (primary N) is 1. The highest BCUT2D eigenvalue weighted by molar-refractivity contribution is 7.98. The Kier molecular flexibility index (Phi) is 4.22. The first-order valence-corrected chi connectivity index (χ1v) is 7.87. The minimum absolute atomic E-state index is 0.270. The van der Waals surface area contributed by atoms with Crippen LogP contribution in [0.4, 0.5) is 5.69 Å². The van der Waals surface area contributed by atoms with E-state index < -0.39 is 0 Å². The summed E-state index contributed by atoms with van der Waals surface area (Å²) in [6.45, 7) is 1.22. The molecular weight excluding hydrogens is 286 g/mol. The van der Waals surface area contributed by atoms with Crippen LogP contribution in [0.25, 0.3) is 0 Å². The Morgan fingerprint density at radius 1 is 1.24 bits per heavy atom. The molecule has 21 heavy (non-hydrogen) atoms. The average Bonchev–Trinajstić information content (AvgIpc) is 2.53. The van der Waals surface area contributed by atoms with Crippen molar-refractivity contribution in [3.8, 4) is 11.5 Å². The van der Waals surface area contributed by atoms with E-state index >= 15 is 0 Å². The van der Waals surface area contributed by atoms with Gasteiger partial charge in [0, 0.05) is 21.7 Å². The molecule has 0 bridgehead atoms. The average molecular weight is 303 g/mol. The molecule has 0 saturated heterocycles. The van der Waals surface area contributed by atoms with Gasteiger partial charge in [-0.3, -0.25) is 0 Å². The Hall–Kier alpha value is -1.85. The van der Waals surface area contributed by atoms with Crippen LogP contribution in [-0.4, -0.2) is 13.0 Å². The van der Waals surface area contributed by atoms with Crippen LogP contribution in [0.1, 0.15) is 11.1 Å². The predicted octanol–water partition coefficient (Wildman–Crippen LogP) is 3.44. The minimum Gasteiger partial charge on any atom is -0.489 e. The van der Waals surface area contributed by atoms with Crippen molar-refractivity contribution >= 4 is 17.4 Å². The molecule has 0 radical (unpaired) electrons. The van der Waals surface area contributed by atoms with Gasteiger partial charge in [0.1, 0.15) is 18.1 Å². The van der Waals surface area contributed by atoms with Gasteiger partial charge in [-0.1, -0.05) is 0 Å². The molecule has 2 aromatic carbocycles. The van der Waals surface area contributed by atoms with Crippen LogP contribution in [0.15, 0.2) is 41.3 Å². The number of thioether (sulfide) groups is 1. The Labute approximate surface area is 128 Å². The number of hydrogen-bond acceptors (Lipinski definition) is 5. The van der Waals surface area contributed by atoms with Gasteiger partial charge in [0.25, 0.3) is 0 Å². The van der Waals surface area contributed by atoms with Gasteiger partial charge in [0.2, 0.25) is 0 Å². The lowest BCUT2D eigenvalue weighted by molar-refractivity contribution is -0.0175. The maximum atomic E-state index is 5.92. The molecule has 0 unspecified atom stereocenters. The van der Waals surface area contributed by atoms with Gasteiger partial charge in [0.15, 0.2) is 6.79 Å². The Morgan fingerprint density at radius 2 is 2.05 bits per heavy atom. The Balaban J connectivity index is 1.76. The van der Waals surface area contributed by atoms with E-state index in [9.17, 15) is 0 Å². The highest BCUT2D eigenvalue weighted by Crippen LogP contribution is 2.31. The first kappa shape index (κ1) is 14.1. The number of nitrogen functional groups attached to an aromatic ring is 1. The van der Waals surface area contributed by atoms with Crippen LogP contribution in [0.3, 0.4) is 0 Å². The molecule has 4 nitrogen and oxygen atoms in total. The molecule has 3 rings (SSSR count). The molecule has 0 aliphatic carbocycles. The lowest BCUT2D eigenvalue weighted by atomic mass is 10.1. The van der Waals surface area contributed by atoms with Crippen LogP contribution >= 0.6 is 11.8 Å². The highest BCUT2D eigenvalue weighted by Gasteiger charge is 2.16. The maximum Gasteiger partial charge on any atom is 0.189 e. The zero-order chi connectivity index (χ0) is 14.7. The van der Waals surface area contributed by atoms with Crippen LogP contribution < -0.4 is 15.2 Å². The molecule has 1 aliphatic rings. The number of ether oxygens (including phenoxy) is 3. The fourth-order valence-electron chi connectivity index (χ4n) is 2.27. The molecule has 110 valence electrons. The standard InChI is InChI=1S/C16H17NO3S/c1-21-15-4-2-14(3-5-15)19-9-12-7-13(17)6-11-8-18-10-20-16(11)12/h2-7H,8-10,17H2,1H3. The van der Waals surface area contributed by atoms with Crippen molar-refractivity contribution in [3.63, 3.8) is 0 Å². The summed E-state index contributed by atoms with van der Waals surface area (Å²) in [6.07, 6.45) is 2.05. The summed E-state index contributed by atoms with van der Waals surface area (Å²) >= 11 is 1.71. The van der Waals surface area contributed by atoms with E-state index in [-0.39, 0.29) is 6.79 Å². The molecule has 0 fully saturated rings. The van der Waals surface area contributed by atoms with Gasteiger partial charge in [-0.25, -0.2) is 0 Å². The Morgan fingerprint density at radius 3 is 2.81 bits per heavy atom. The second-order valence-corrected chi connectivity index (χ2v) is 5.62. The molecule has 1 heterocycles. The summed E-state index contributed by atoms with van der Waals surface area (Å²) in [4.78, 5) is 1.21. The normalized spacial score (nSPS) is 13.4. The molecule has 2 aromatic rings. The zero-order valence-corrected chi connectivity index (χ0v) is 12.6. The summed E-state index contributed by atoms with van der Waals surface area (Å²) in [5, 5.41) is 0. The monoisotopic (exact) mass is 303 g/mol. The Bertz CT molecular complexity index is 628. The fraction of sp³-hybridized carbons (Fsp3) is 0.250. The van der Waals surface area contributed by atoms with E-state index in [4.69, 9.17) is 19.9 Å². The largest absolute Gasteiger partial charge is 0.489 e. The SMILES string of the molecule is CSc1ccc(OCc2cc(N)cc3c2OCOC3)cc1. The second kappa shape index (κ2) is 6.28. The van der Waals surface area contributed by atoms with E-state index in [1.54, 1.807) is 11.8 Å². The third kappa shape index (κ3) is 3.25. The summed E-state index contributed by atoms with van der Waals surface area (Å²) < 4.78 is 16.7. The number of fused-ring (bicyclic) bond motifs is 1. The number of benzene rings is 2. The summed E-state index contributed by atoms with van der Waals surface area (Å²) in [5.74, 6) is 1.66. The fourth-order valence-corrected chi connectivity index (χ4v) is 2.67. The lowest BCUT2D eigenvalue weighted by Crippen LogP contribution is -2.14. The second-order valence-electron chi connectivity index (χ2n) is 4.74. The van der Waals surface area contributed by atoms with E-state index in [2.05, 4.69) is 0 Å². The first-order chi connectivity index (χ1) is 10.3. The zero-order valence-electron chi connectivity index (χ0n) is 11.8. The van der Waals surface area contributed by atoms with Crippen LogP contribution in [0.5, 0.6) is 11.5 Å². The van der Waals surface area contributed by atoms with Gasteiger partial charge >= 0.3 is 0 Å². The third-order valence-electron chi connectivity index (χ3n) is 3.26. The van der Waals surface area contributed by atoms with Crippen LogP contribution in [0, 0.1) is 0 Å². The van der Waals surface area contributed by atoms with Crippen LogP contribution in [-0.2, 0) is 18.0 Å². The molecule has 0 spiro atoms. The number of rotatable bonds is 4. The van der Waals surface area contributed by atoms with E-state index in [0.717, 1.165) is 22.6 Å². The molecule has 2 N–H and O–H groups in total. The third-order valence-corrected chi connectivity index (χ3v) is 4.01. The van der Waals surface area contributed by atoms with Gasteiger partial charge in [-0.2, -0.15) is 0 Å². The maximum absolute atomic E-state index is 5.92. The van der Waals surface area contributed by atoms with Gasteiger partial charge in [-0.15, -0.1) is 11.8 Å². The van der Waals surface area contributed by atoms with Crippen molar-refractivity contribution in [2.45, 2.75) is 18.1 Å². The van der Waals surface area contributed by atoms with E-state index in [0.29, 0.717) is 18.9 Å². The van der Waals surface area contributed by atoms with Crippen molar-refractivity contribution < 1.29 is 14.2 Å². The molecular formula is C16H17NO3S. The molecule has 0 amide bonds. The quantitative estimate of drug-likeness (QED) is 0.692. The van der Waals surface area contributed by atoms with Crippen molar-refractivity contribution in [1.82, 2.24) is 0 Å². The highest BCUT2D eigenvalue weighted by atomic mass is 32.2. The van der Waals surface area contributed by atoms with Gasteiger partial charge in [-0.05, 0) is 42.7 Å². The molecule has 5 heteroatoms. The first-order valence-electron chi connectivity index (χ1n) is 6.65. The van der Waals surface area contributed by atoms with Gasteiger partial charge in [0.05, 0.1) is 6.61 Å². The summed E-state index contributed by atoms with van der Waals surface area (Å²) in [5.41, 5.74) is 8.53. The molecule has 0 atom stereocenters. The van der Waals surface area contributed by atoms with Crippen molar-refractivity contribution in [2.75, 3.05) is 18.8 Å². The number of anilines is 1. The van der Waals surface area contributed by atoms with Crippen molar-refractivity contribution in [3.05, 3.63) is 47.5 Å². The smallest absolute Gasteiger partial charge is 0.189 e. The summed E-state index contributed by atoms with van der Waals surface area (Å²) in [7, 11) is 0.